The van der Waals surface area contributed by atoms with Crippen molar-refractivity contribution >= 4 is 11.7 Å². The molecule has 0 aliphatic rings. The fraction of sp³-hybridized carbons (Fsp3) is 0.846. The van der Waals surface area contributed by atoms with Gasteiger partial charge in [-0.05, 0) is 13.3 Å². The summed E-state index contributed by atoms with van der Waals surface area (Å²) in [6.07, 6.45) is 8.24. The summed E-state index contributed by atoms with van der Waals surface area (Å²) in [4.78, 5) is 22.0. The van der Waals surface area contributed by atoms with E-state index in [9.17, 15) is 9.59 Å². The molecule has 0 heterocycles. The van der Waals surface area contributed by atoms with Crippen molar-refractivity contribution in [2.45, 2.75) is 65.2 Å². The van der Waals surface area contributed by atoms with E-state index in [1.54, 1.807) is 0 Å². The molecule has 0 unspecified atom stereocenters. The summed E-state index contributed by atoms with van der Waals surface area (Å²) >= 11 is 0. The summed E-state index contributed by atoms with van der Waals surface area (Å²) in [6.45, 7) is 3.70. The molecular weight excluding hydrogens is 202 g/mol. The van der Waals surface area contributed by atoms with Gasteiger partial charge >= 0.3 is 0 Å². The van der Waals surface area contributed by atoms with Crippen molar-refractivity contribution < 1.29 is 9.59 Å². The van der Waals surface area contributed by atoms with Crippen molar-refractivity contribution in [1.82, 2.24) is 0 Å². The Bertz CT molecular complexity index is 214. The minimum absolute atomic E-state index is 0.0507. The highest BCUT2D eigenvalue weighted by Crippen LogP contribution is 2.15. The summed E-state index contributed by atoms with van der Waals surface area (Å²) in [6, 6.07) is 0. The zero-order valence-electron chi connectivity index (χ0n) is 10.6. The van der Waals surface area contributed by atoms with E-state index in [4.69, 9.17) is 5.73 Å². The Balaban J connectivity index is 3.60. The summed E-state index contributed by atoms with van der Waals surface area (Å²) in [5, 5.41) is 0. The van der Waals surface area contributed by atoms with E-state index in [-0.39, 0.29) is 17.6 Å². The summed E-state index contributed by atoms with van der Waals surface area (Å²) in [5.41, 5.74) is 5.26. The van der Waals surface area contributed by atoms with Crippen LogP contribution in [0.5, 0.6) is 0 Å². The van der Waals surface area contributed by atoms with Crippen molar-refractivity contribution in [3.63, 3.8) is 0 Å². The van der Waals surface area contributed by atoms with E-state index in [0.717, 1.165) is 19.3 Å². The Hall–Kier alpha value is -0.860. The topological polar surface area (TPSA) is 60.2 Å². The number of amides is 1. The highest BCUT2D eigenvalue weighted by molar-refractivity contribution is 5.84. The minimum Gasteiger partial charge on any atom is -0.369 e. The van der Waals surface area contributed by atoms with Crippen LogP contribution in [-0.4, -0.2) is 11.7 Å². The first kappa shape index (κ1) is 15.1. The molecule has 3 nitrogen and oxygen atoms in total. The van der Waals surface area contributed by atoms with Gasteiger partial charge in [-0.1, -0.05) is 45.4 Å². The van der Waals surface area contributed by atoms with E-state index in [2.05, 4.69) is 6.92 Å². The maximum Gasteiger partial charge on any atom is 0.220 e. The maximum absolute atomic E-state index is 11.1. The minimum atomic E-state index is -0.330. The lowest BCUT2D eigenvalue weighted by Crippen LogP contribution is -2.25. The fourth-order valence-electron chi connectivity index (χ4n) is 1.86. The number of hydrogen-bond donors (Lipinski definition) is 1. The van der Waals surface area contributed by atoms with Crippen LogP contribution in [0.3, 0.4) is 0 Å². The van der Waals surface area contributed by atoms with Crippen LogP contribution >= 0.6 is 0 Å². The predicted octanol–water partition coefficient (Wildman–Crippen LogP) is 2.82. The number of primary amides is 1. The van der Waals surface area contributed by atoms with E-state index in [0.29, 0.717) is 6.42 Å². The van der Waals surface area contributed by atoms with Gasteiger partial charge in [0.15, 0.2) is 0 Å². The molecule has 0 aliphatic heterocycles. The third-order valence-corrected chi connectivity index (χ3v) is 2.84. The molecule has 16 heavy (non-hydrogen) atoms. The lowest BCUT2D eigenvalue weighted by atomic mass is 9.95. The van der Waals surface area contributed by atoms with Crippen LogP contribution in [0.1, 0.15) is 65.2 Å². The number of carbonyl (C=O) groups is 2. The van der Waals surface area contributed by atoms with E-state index in [1.165, 1.54) is 32.6 Å². The van der Waals surface area contributed by atoms with E-state index in [1.807, 2.05) is 0 Å². The van der Waals surface area contributed by atoms with Gasteiger partial charge in [-0.2, -0.15) is 0 Å². The second kappa shape index (κ2) is 9.37. The molecule has 0 aliphatic carbocycles. The summed E-state index contributed by atoms with van der Waals surface area (Å²) < 4.78 is 0. The Morgan fingerprint density at radius 1 is 1.06 bits per heavy atom. The summed E-state index contributed by atoms with van der Waals surface area (Å²) in [5.74, 6) is -0.526. The number of unbranched alkanes of at least 4 members (excludes halogenated alkanes) is 5. The van der Waals surface area contributed by atoms with Gasteiger partial charge in [-0.25, -0.2) is 0 Å². The molecule has 0 fully saturated rings. The van der Waals surface area contributed by atoms with Crippen LogP contribution in [0.2, 0.25) is 0 Å². The Morgan fingerprint density at radius 2 is 1.62 bits per heavy atom. The number of carbonyl (C=O) groups excluding carboxylic acids is 2. The number of rotatable bonds is 10. The van der Waals surface area contributed by atoms with Gasteiger partial charge in [0, 0.05) is 12.3 Å². The van der Waals surface area contributed by atoms with Crippen LogP contribution in [0.4, 0.5) is 0 Å². The molecule has 0 aromatic heterocycles. The zero-order valence-corrected chi connectivity index (χ0v) is 10.6. The average molecular weight is 227 g/mol. The van der Waals surface area contributed by atoms with Gasteiger partial charge in [-0.3, -0.25) is 4.79 Å². The maximum atomic E-state index is 11.1. The normalized spacial score (nSPS) is 12.4. The Morgan fingerprint density at radius 3 is 2.12 bits per heavy atom. The SMILES string of the molecule is CCCCCCCC[C@H](CC(C)=O)C(N)=O. The molecule has 94 valence electrons. The van der Waals surface area contributed by atoms with Crippen molar-refractivity contribution in [2.75, 3.05) is 0 Å². The fourth-order valence-corrected chi connectivity index (χ4v) is 1.86. The zero-order chi connectivity index (χ0) is 12.4. The first-order valence-electron chi connectivity index (χ1n) is 6.36. The van der Waals surface area contributed by atoms with Crippen molar-refractivity contribution in [3.05, 3.63) is 0 Å². The van der Waals surface area contributed by atoms with E-state index >= 15 is 0 Å². The molecule has 0 rings (SSSR count). The van der Waals surface area contributed by atoms with Crippen LogP contribution < -0.4 is 5.73 Å². The molecule has 1 atom stereocenters. The largest absolute Gasteiger partial charge is 0.369 e. The van der Waals surface area contributed by atoms with Crippen molar-refractivity contribution in [2.24, 2.45) is 11.7 Å². The lowest BCUT2D eigenvalue weighted by Gasteiger charge is -2.10. The second-order valence-corrected chi connectivity index (χ2v) is 4.56. The average Bonchev–Trinajstić information content (AvgIpc) is 2.20. The molecule has 2 N–H and O–H groups in total. The Kier molecular flexibility index (Phi) is 8.87. The van der Waals surface area contributed by atoms with Gasteiger partial charge in [-0.15, -0.1) is 0 Å². The smallest absolute Gasteiger partial charge is 0.220 e. The highest BCUT2D eigenvalue weighted by atomic mass is 16.1. The first-order valence-corrected chi connectivity index (χ1v) is 6.36. The first-order chi connectivity index (χ1) is 7.57. The van der Waals surface area contributed by atoms with Gasteiger partial charge in [0.2, 0.25) is 5.91 Å². The van der Waals surface area contributed by atoms with Gasteiger partial charge in [0.05, 0.1) is 0 Å². The van der Waals surface area contributed by atoms with Crippen molar-refractivity contribution in [1.29, 1.82) is 0 Å². The molecule has 0 saturated carbocycles. The molecule has 3 heteroatoms. The molecule has 0 aromatic carbocycles. The lowest BCUT2D eigenvalue weighted by molar-refractivity contribution is -0.126. The summed E-state index contributed by atoms with van der Waals surface area (Å²) in [7, 11) is 0. The standard InChI is InChI=1S/C13H25NO2/c1-3-4-5-6-7-8-9-12(13(14)16)10-11(2)15/h12H,3-10H2,1-2H3,(H2,14,16)/t12-/m1/s1. The number of hydrogen-bond acceptors (Lipinski definition) is 2. The molecule has 0 spiro atoms. The third kappa shape index (κ3) is 8.45. The van der Waals surface area contributed by atoms with Crippen LogP contribution in [0, 0.1) is 5.92 Å². The Labute approximate surface area is 98.8 Å². The molecule has 0 radical (unpaired) electrons. The van der Waals surface area contributed by atoms with Crippen LogP contribution in [-0.2, 0) is 9.59 Å². The third-order valence-electron chi connectivity index (χ3n) is 2.84. The molecule has 1 amide bonds. The monoisotopic (exact) mass is 227 g/mol. The predicted molar refractivity (Wildman–Crippen MR) is 66.0 cm³/mol. The van der Waals surface area contributed by atoms with Crippen LogP contribution in [0.25, 0.3) is 0 Å². The highest BCUT2D eigenvalue weighted by Gasteiger charge is 2.16. The number of Topliss-reactive ketones (excluding diaryl/α,β-unsaturated/α-hetero) is 1. The quantitative estimate of drug-likeness (QED) is 0.583. The number of nitrogens with two attached hydrogens (primary N) is 1. The van der Waals surface area contributed by atoms with Gasteiger partial charge in [0.1, 0.15) is 5.78 Å². The van der Waals surface area contributed by atoms with Gasteiger partial charge < -0.3 is 10.5 Å². The molecule has 0 aromatic rings. The van der Waals surface area contributed by atoms with E-state index < -0.39 is 0 Å². The second-order valence-electron chi connectivity index (χ2n) is 4.56. The van der Waals surface area contributed by atoms with Crippen LogP contribution in [0.15, 0.2) is 0 Å². The van der Waals surface area contributed by atoms with Gasteiger partial charge in [0.25, 0.3) is 0 Å². The molecule has 0 bridgehead atoms. The van der Waals surface area contributed by atoms with Crippen molar-refractivity contribution in [3.8, 4) is 0 Å². The molecular formula is C13H25NO2. The molecule has 0 saturated heterocycles. The number of ketones is 1.